The lowest BCUT2D eigenvalue weighted by molar-refractivity contribution is -0.144. The highest BCUT2D eigenvalue weighted by Crippen LogP contribution is 2.51. The van der Waals surface area contributed by atoms with Gasteiger partial charge >= 0.3 is 14.2 Å². The summed E-state index contributed by atoms with van der Waals surface area (Å²) in [5.74, 6) is 0.719. The van der Waals surface area contributed by atoms with E-state index in [1.165, 1.54) is 101 Å². The number of unbranched alkanes of at least 4 members (excludes halogenated alkanes) is 13. The molecule has 13 heteroatoms. The minimum atomic E-state index is -1.69. The van der Waals surface area contributed by atoms with Crippen molar-refractivity contribution in [1.82, 2.24) is 19.3 Å². The number of ether oxygens (including phenoxy) is 2. The van der Waals surface area contributed by atoms with Crippen LogP contribution in [-0.2, 0) is 23.4 Å². The Kier molecular flexibility index (Phi) is 21.7. The number of nitrogens with zero attached hydrogens (tertiary/aromatic N) is 4. The zero-order valence-corrected chi connectivity index (χ0v) is 32.2. The van der Waals surface area contributed by atoms with Gasteiger partial charge in [-0.3, -0.25) is 19.2 Å². The van der Waals surface area contributed by atoms with Gasteiger partial charge in [-0.05, 0) is 34.1 Å². The topological polar surface area (TPSA) is 131 Å². The van der Waals surface area contributed by atoms with E-state index in [0.29, 0.717) is 11.5 Å². The van der Waals surface area contributed by atoms with Crippen LogP contribution >= 0.6 is 8.53 Å². The van der Waals surface area contributed by atoms with Gasteiger partial charge in [0.05, 0.1) is 19.1 Å². The van der Waals surface area contributed by atoms with Crippen LogP contribution in [0.2, 0.25) is 0 Å². The van der Waals surface area contributed by atoms with Gasteiger partial charge in [0.15, 0.2) is 17.6 Å². The van der Waals surface area contributed by atoms with Crippen LogP contribution in [0.4, 0.5) is 0 Å². The number of nitriles is 1. The van der Waals surface area contributed by atoms with Crippen LogP contribution < -0.4 is 11.2 Å². The molecule has 0 spiro atoms. The third-order valence-corrected chi connectivity index (χ3v) is 10.6. The Hall–Kier alpha value is -2.26. The highest BCUT2D eigenvalue weighted by Gasteiger charge is 2.44. The second kappa shape index (κ2) is 24.8. The molecule has 0 saturated carbocycles. The van der Waals surface area contributed by atoms with E-state index in [0.717, 1.165) is 19.4 Å². The maximum atomic E-state index is 12.8. The molecule has 0 amide bonds. The van der Waals surface area contributed by atoms with Crippen LogP contribution in [0.3, 0.4) is 0 Å². The standard InChI is InChI=1S/C36H64N5O7P/c1-8-9-10-11-12-13-14-15-16-17-18-19-20-21-25-39(6)45-28-31-33(48-49(46-27-22-24-37)41(29(2)3)30(4)5)34(44-7)35(47-31)40-26-23-32(42)38-36(40)43/h23,26,29-30,34-35H,8-22,25,27-28H2,1-7H3,(H,38,42,43)/t34?,35-,49?/m1/s1. The highest BCUT2D eigenvalue weighted by molar-refractivity contribution is 7.44. The molecule has 1 aliphatic rings. The lowest BCUT2D eigenvalue weighted by atomic mass is 10.0. The molecule has 2 rings (SSSR count). The molecule has 1 aliphatic heterocycles. The van der Waals surface area contributed by atoms with Crippen molar-refractivity contribution in [3.8, 4) is 6.07 Å². The molecule has 2 heterocycles. The Morgan fingerprint density at radius 1 is 0.959 bits per heavy atom. The maximum Gasteiger partial charge on any atom is 0.331 e. The summed E-state index contributed by atoms with van der Waals surface area (Å²) in [6, 6.07) is 3.53. The first-order valence-electron chi connectivity index (χ1n) is 18.5. The summed E-state index contributed by atoms with van der Waals surface area (Å²) < 4.78 is 28.3. The molecule has 3 atom stereocenters. The third kappa shape index (κ3) is 15.7. The van der Waals surface area contributed by atoms with Crippen LogP contribution in [0, 0.1) is 11.3 Å². The lowest BCUT2D eigenvalue weighted by Gasteiger charge is -2.36. The van der Waals surface area contributed by atoms with Crippen molar-refractivity contribution in [3.63, 3.8) is 0 Å². The number of aromatic nitrogens is 2. The Balaban J connectivity index is 1.99. The molecule has 1 aromatic rings. The summed E-state index contributed by atoms with van der Waals surface area (Å²) in [4.78, 5) is 33.0. The molecule has 12 nitrogen and oxygen atoms in total. The van der Waals surface area contributed by atoms with Crippen LogP contribution in [0.25, 0.3) is 0 Å². The SMILES string of the molecule is CCCCCCCCCCCCCCCCN(C)OCC1=C(OP(OCCC#N)N(C(C)C)C(C)C)C(OC)[C@H](n2ccc(=O)[nH]c2=O)O1. The van der Waals surface area contributed by atoms with Gasteiger partial charge in [-0.25, -0.2) is 9.46 Å². The van der Waals surface area contributed by atoms with Crippen LogP contribution in [0.1, 0.15) is 137 Å². The van der Waals surface area contributed by atoms with Crippen molar-refractivity contribution in [3.05, 3.63) is 44.6 Å². The van der Waals surface area contributed by atoms with Gasteiger partial charge in [0.2, 0.25) is 6.23 Å². The summed E-state index contributed by atoms with van der Waals surface area (Å²) in [5, 5.41) is 10.9. The summed E-state index contributed by atoms with van der Waals surface area (Å²) in [6.45, 7) is 11.5. The largest absolute Gasteiger partial charge is 0.465 e. The number of hydrogen-bond acceptors (Lipinski definition) is 10. The van der Waals surface area contributed by atoms with E-state index in [1.807, 2.05) is 7.05 Å². The van der Waals surface area contributed by atoms with E-state index >= 15 is 0 Å². The quantitative estimate of drug-likeness (QED) is 0.0520. The Morgan fingerprint density at radius 3 is 2.04 bits per heavy atom. The van der Waals surface area contributed by atoms with Crippen molar-refractivity contribution >= 4 is 8.53 Å². The average molecular weight is 710 g/mol. The molecule has 49 heavy (non-hydrogen) atoms. The van der Waals surface area contributed by atoms with Crippen molar-refractivity contribution in [2.45, 2.75) is 155 Å². The number of rotatable bonds is 28. The van der Waals surface area contributed by atoms with Gasteiger partial charge in [0.1, 0.15) is 6.61 Å². The second-order valence-electron chi connectivity index (χ2n) is 13.3. The van der Waals surface area contributed by atoms with E-state index in [2.05, 4.69) is 50.3 Å². The van der Waals surface area contributed by atoms with Crippen molar-refractivity contribution in [2.75, 3.05) is 33.9 Å². The van der Waals surface area contributed by atoms with E-state index in [-0.39, 0.29) is 31.7 Å². The molecule has 0 fully saturated rings. The zero-order valence-electron chi connectivity index (χ0n) is 31.3. The van der Waals surface area contributed by atoms with Crippen LogP contribution in [0.5, 0.6) is 0 Å². The number of hydrogen-bond donors (Lipinski definition) is 1. The first-order valence-corrected chi connectivity index (χ1v) is 19.6. The molecular weight excluding hydrogens is 645 g/mol. The molecule has 280 valence electrons. The maximum absolute atomic E-state index is 12.8. The van der Waals surface area contributed by atoms with Crippen molar-refractivity contribution < 1.29 is 23.4 Å². The van der Waals surface area contributed by atoms with Gasteiger partial charge in [-0.2, -0.15) is 10.3 Å². The van der Waals surface area contributed by atoms with E-state index < -0.39 is 32.1 Å². The molecule has 2 unspecified atom stereocenters. The Labute approximate surface area is 296 Å². The lowest BCUT2D eigenvalue weighted by Crippen LogP contribution is -2.37. The number of nitrogens with one attached hydrogen (secondary N) is 1. The normalized spacial score (nSPS) is 17.0. The molecule has 0 bridgehead atoms. The fraction of sp³-hybridized carbons (Fsp3) is 0.806. The van der Waals surface area contributed by atoms with Gasteiger partial charge in [0.25, 0.3) is 5.56 Å². The second-order valence-corrected chi connectivity index (χ2v) is 14.7. The number of hydroxylamine groups is 2. The molecule has 0 aliphatic carbocycles. The summed E-state index contributed by atoms with van der Waals surface area (Å²) >= 11 is 0. The third-order valence-electron chi connectivity index (χ3n) is 8.52. The zero-order chi connectivity index (χ0) is 36.0. The molecule has 0 aromatic carbocycles. The number of methoxy groups -OCH3 is 1. The minimum Gasteiger partial charge on any atom is -0.465 e. The Morgan fingerprint density at radius 2 is 1.53 bits per heavy atom. The van der Waals surface area contributed by atoms with E-state index in [1.54, 1.807) is 5.06 Å². The Bertz CT molecular complexity index is 1220. The van der Waals surface area contributed by atoms with Crippen molar-refractivity contribution in [2.24, 2.45) is 0 Å². The van der Waals surface area contributed by atoms with Crippen LogP contribution in [-0.4, -0.2) is 71.4 Å². The minimum absolute atomic E-state index is 0.0453. The van der Waals surface area contributed by atoms with Gasteiger partial charge in [0, 0.05) is 45.0 Å². The summed E-state index contributed by atoms with van der Waals surface area (Å²) in [7, 11) is 1.72. The fourth-order valence-electron chi connectivity index (χ4n) is 5.95. The summed E-state index contributed by atoms with van der Waals surface area (Å²) in [6.07, 6.45) is 18.1. The van der Waals surface area contributed by atoms with Crippen molar-refractivity contribution in [1.29, 1.82) is 5.26 Å². The average Bonchev–Trinajstić information content (AvgIpc) is 3.40. The molecule has 0 radical (unpaired) electrons. The smallest absolute Gasteiger partial charge is 0.331 e. The predicted molar refractivity (Wildman–Crippen MR) is 194 cm³/mol. The van der Waals surface area contributed by atoms with E-state index in [4.69, 9.17) is 28.6 Å². The monoisotopic (exact) mass is 709 g/mol. The summed E-state index contributed by atoms with van der Waals surface area (Å²) in [5.41, 5.74) is -1.14. The molecule has 1 aromatic heterocycles. The molecular formula is C36H64N5O7P. The van der Waals surface area contributed by atoms with Crippen LogP contribution in [0.15, 0.2) is 33.4 Å². The molecule has 0 saturated heterocycles. The fourth-order valence-corrected chi connectivity index (χ4v) is 7.60. The first kappa shape index (κ1) is 42.9. The van der Waals surface area contributed by atoms with E-state index in [9.17, 15) is 9.59 Å². The number of aromatic amines is 1. The van der Waals surface area contributed by atoms with Gasteiger partial charge in [-0.15, -0.1) is 0 Å². The highest BCUT2D eigenvalue weighted by atomic mass is 31.2. The van der Waals surface area contributed by atoms with Gasteiger partial charge in [-0.1, -0.05) is 90.4 Å². The van der Waals surface area contributed by atoms with Gasteiger partial charge < -0.3 is 18.5 Å². The predicted octanol–water partition coefficient (Wildman–Crippen LogP) is 7.93. The first-order chi connectivity index (χ1) is 23.6. The number of H-pyrrole nitrogens is 1. The molecule has 1 N–H and O–H groups in total.